The zero-order valence-electron chi connectivity index (χ0n) is 9.25. The molecular weight excluding hydrogens is 196 g/mol. The first kappa shape index (κ1) is 11.4. The van der Waals surface area contributed by atoms with Crippen LogP contribution in [0.1, 0.15) is 47.4 Å². The molecule has 0 aliphatic rings. The highest BCUT2D eigenvalue weighted by Gasteiger charge is 2.23. The molecule has 0 radical (unpaired) electrons. The van der Waals surface area contributed by atoms with E-state index in [-0.39, 0.29) is 16.9 Å². The summed E-state index contributed by atoms with van der Waals surface area (Å²) in [4.78, 5) is 22.3. The SMILES string of the molecule is Cc1noc(C(=O)NC(C)(C)C)c1C=O. The van der Waals surface area contributed by atoms with Crippen LogP contribution in [-0.4, -0.2) is 22.9 Å². The molecule has 15 heavy (non-hydrogen) atoms. The van der Waals surface area contributed by atoms with Gasteiger partial charge in [-0.3, -0.25) is 9.59 Å². The molecule has 0 saturated heterocycles. The molecule has 0 aromatic carbocycles. The predicted octanol–water partition coefficient (Wildman–Crippen LogP) is 1.32. The average molecular weight is 210 g/mol. The van der Waals surface area contributed by atoms with E-state index in [4.69, 9.17) is 4.52 Å². The second kappa shape index (κ2) is 3.84. The molecule has 0 spiro atoms. The maximum Gasteiger partial charge on any atom is 0.291 e. The van der Waals surface area contributed by atoms with Gasteiger partial charge >= 0.3 is 0 Å². The molecule has 1 rings (SSSR count). The standard InChI is InChI=1S/C10H14N2O3/c1-6-7(5-13)8(15-12-6)9(14)11-10(2,3)4/h5H,1-4H3,(H,11,14). The van der Waals surface area contributed by atoms with E-state index >= 15 is 0 Å². The first-order chi connectivity index (χ1) is 6.85. The first-order valence-corrected chi connectivity index (χ1v) is 4.59. The van der Waals surface area contributed by atoms with Crippen molar-refractivity contribution in [3.63, 3.8) is 0 Å². The van der Waals surface area contributed by atoms with Gasteiger partial charge in [-0.15, -0.1) is 0 Å². The Kier molecular flexibility index (Phi) is 2.93. The van der Waals surface area contributed by atoms with E-state index in [0.717, 1.165) is 0 Å². The Bertz CT molecular complexity index is 388. The molecule has 82 valence electrons. The second-order valence-corrected chi connectivity index (χ2v) is 4.33. The number of aryl methyl sites for hydroxylation is 1. The highest BCUT2D eigenvalue weighted by atomic mass is 16.5. The molecule has 1 aromatic heterocycles. The van der Waals surface area contributed by atoms with Gasteiger partial charge in [-0.25, -0.2) is 0 Å². The Labute approximate surface area is 87.8 Å². The van der Waals surface area contributed by atoms with Crippen LogP contribution in [0.5, 0.6) is 0 Å². The molecule has 1 aromatic rings. The number of aldehydes is 1. The van der Waals surface area contributed by atoms with Gasteiger partial charge in [0.1, 0.15) is 0 Å². The maximum atomic E-state index is 11.6. The number of carbonyl (C=O) groups excluding carboxylic acids is 2. The van der Waals surface area contributed by atoms with Crippen LogP contribution < -0.4 is 5.32 Å². The fourth-order valence-corrected chi connectivity index (χ4v) is 1.08. The largest absolute Gasteiger partial charge is 0.350 e. The van der Waals surface area contributed by atoms with Gasteiger partial charge in [0, 0.05) is 5.54 Å². The van der Waals surface area contributed by atoms with Crippen LogP contribution in [0, 0.1) is 6.92 Å². The van der Waals surface area contributed by atoms with Crippen molar-refractivity contribution < 1.29 is 14.1 Å². The van der Waals surface area contributed by atoms with Crippen LogP contribution in [0.2, 0.25) is 0 Å². The Hall–Kier alpha value is -1.65. The number of aromatic nitrogens is 1. The Morgan fingerprint density at radius 1 is 1.47 bits per heavy atom. The molecule has 0 unspecified atom stereocenters. The molecule has 0 atom stereocenters. The lowest BCUT2D eigenvalue weighted by Crippen LogP contribution is -2.40. The normalized spacial score (nSPS) is 11.2. The summed E-state index contributed by atoms with van der Waals surface area (Å²) in [5.74, 6) is -0.456. The number of nitrogens with zero attached hydrogens (tertiary/aromatic N) is 1. The van der Waals surface area contributed by atoms with Crippen molar-refractivity contribution in [3.05, 3.63) is 17.0 Å². The second-order valence-electron chi connectivity index (χ2n) is 4.33. The van der Waals surface area contributed by atoms with E-state index in [9.17, 15) is 9.59 Å². The molecule has 5 nitrogen and oxygen atoms in total. The fourth-order valence-electron chi connectivity index (χ4n) is 1.08. The number of amides is 1. The minimum absolute atomic E-state index is 0.0302. The van der Waals surface area contributed by atoms with Crippen molar-refractivity contribution in [2.24, 2.45) is 0 Å². The van der Waals surface area contributed by atoms with Crippen molar-refractivity contribution in [3.8, 4) is 0 Å². The molecule has 1 N–H and O–H groups in total. The van der Waals surface area contributed by atoms with Crippen molar-refractivity contribution in [2.45, 2.75) is 33.2 Å². The fraction of sp³-hybridized carbons (Fsp3) is 0.500. The van der Waals surface area contributed by atoms with Crippen molar-refractivity contribution in [2.75, 3.05) is 0 Å². The van der Waals surface area contributed by atoms with E-state index in [2.05, 4.69) is 10.5 Å². The summed E-state index contributed by atoms with van der Waals surface area (Å²) < 4.78 is 4.80. The lowest BCUT2D eigenvalue weighted by atomic mass is 10.1. The quantitative estimate of drug-likeness (QED) is 0.747. The van der Waals surface area contributed by atoms with Crippen LogP contribution in [0.4, 0.5) is 0 Å². The zero-order valence-corrected chi connectivity index (χ0v) is 9.25. The average Bonchev–Trinajstić information content (AvgIpc) is 2.43. The summed E-state index contributed by atoms with van der Waals surface area (Å²) in [6, 6.07) is 0. The number of rotatable bonds is 2. The highest BCUT2D eigenvalue weighted by Crippen LogP contribution is 2.12. The predicted molar refractivity (Wildman–Crippen MR) is 53.8 cm³/mol. The smallest absolute Gasteiger partial charge is 0.291 e. The van der Waals surface area contributed by atoms with Gasteiger partial charge in [0.2, 0.25) is 5.76 Å². The van der Waals surface area contributed by atoms with Crippen molar-refractivity contribution >= 4 is 12.2 Å². The molecule has 0 saturated carbocycles. The van der Waals surface area contributed by atoms with Gasteiger partial charge in [0.15, 0.2) is 6.29 Å². The maximum absolute atomic E-state index is 11.6. The molecule has 1 heterocycles. The van der Waals surface area contributed by atoms with Crippen molar-refractivity contribution in [1.82, 2.24) is 10.5 Å². The number of hydrogen-bond donors (Lipinski definition) is 1. The summed E-state index contributed by atoms with van der Waals surface area (Å²) >= 11 is 0. The van der Waals surface area contributed by atoms with Gasteiger partial charge in [-0.1, -0.05) is 5.16 Å². The Morgan fingerprint density at radius 2 is 2.07 bits per heavy atom. The number of hydrogen-bond acceptors (Lipinski definition) is 4. The zero-order chi connectivity index (χ0) is 11.6. The third-order valence-electron chi connectivity index (χ3n) is 1.72. The van der Waals surface area contributed by atoms with Crippen molar-refractivity contribution in [1.29, 1.82) is 0 Å². The molecule has 1 amide bonds. The number of nitrogens with one attached hydrogen (secondary N) is 1. The molecule has 0 aliphatic heterocycles. The lowest BCUT2D eigenvalue weighted by molar-refractivity contribution is 0.0876. The summed E-state index contributed by atoms with van der Waals surface area (Å²) in [5.41, 5.74) is 0.249. The van der Waals surface area contributed by atoms with Gasteiger partial charge < -0.3 is 9.84 Å². The lowest BCUT2D eigenvalue weighted by Gasteiger charge is -2.19. The third kappa shape index (κ3) is 2.65. The number of carbonyl (C=O) groups is 2. The third-order valence-corrected chi connectivity index (χ3v) is 1.72. The Balaban J connectivity index is 2.97. The molecule has 0 fully saturated rings. The minimum Gasteiger partial charge on any atom is -0.350 e. The van der Waals surface area contributed by atoms with Gasteiger partial charge in [-0.05, 0) is 27.7 Å². The van der Waals surface area contributed by atoms with E-state index in [1.54, 1.807) is 6.92 Å². The molecule has 0 aliphatic carbocycles. The van der Waals surface area contributed by atoms with Gasteiger partial charge in [-0.2, -0.15) is 0 Å². The summed E-state index contributed by atoms with van der Waals surface area (Å²) in [7, 11) is 0. The summed E-state index contributed by atoms with van der Waals surface area (Å²) in [6.45, 7) is 7.14. The topological polar surface area (TPSA) is 72.2 Å². The van der Waals surface area contributed by atoms with E-state index in [1.807, 2.05) is 20.8 Å². The monoisotopic (exact) mass is 210 g/mol. The van der Waals surface area contributed by atoms with Crippen LogP contribution in [0.3, 0.4) is 0 Å². The van der Waals surface area contributed by atoms with Crippen LogP contribution >= 0.6 is 0 Å². The first-order valence-electron chi connectivity index (χ1n) is 4.59. The van der Waals surface area contributed by atoms with E-state index in [1.165, 1.54) is 0 Å². The van der Waals surface area contributed by atoms with Gasteiger partial charge in [0.25, 0.3) is 5.91 Å². The van der Waals surface area contributed by atoms with Gasteiger partial charge in [0.05, 0.1) is 11.3 Å². The van der Waals surface area contributed by atoms with E-state index < -0.39 is 5.91 Å². The summed E-state index contributed by atoms with van der Waals surface area (Å²) in [5, 5.41) is 6.26. The molecule has 0 bridgehead atoms. The molecular formula is C10H14N2O3. The Morgan fingerprint density at radius 3 is 2.53 bits per heavy atom. The minimum atomic E-state index is -0.426. The molecule has 5 heteroatoms. The van der Waals surface area contributed by atoms with Crippen LogP contribution in [0.15, 0.2) is 4.52 Å². The van der Waals surface area contributed by atoms with Crippen LogP contribution in [0.25, 0.3) is 0 Å². The summed E-state index contributed by atoms with van der Waals surface area (Å²) in [6.07, 6.45) is 0.573. The van der Waals surface area contributed by atoms with E-state index in [0.29, 0.717) is 12.0 Å². The highest BCUT2D eigenvalue weighted by molar-refractivity contribution is 5.99. The van der Waals surface area contributed by atoms with Crippen LogP contribution in [-0.2, 0) is 0 Å².